The molecule has 0 aliphatic rings. The largest absolute Gasteiger partial charge is 0.341 e. The van der Waals surface area contributed by atoms with Crippen molar-refractivity contribution >= 4 is 38.2 Å². The number of hydrogen-bond donors (Lipinski definition) is 0. The number of fused-ring (bicyclic) bond motifs is 1. The van der Waals surface area contributed by atoms with Crippen LogP contribution in [-0.2, 0) is 12.0 Å². The van der Waals surface area contributed by atoms with Gasteiger partial charge in [0.05, 0.1) is 12.2 Å². The summed E-state index contributed by atoms with van der Waals surface area (Å²) in [6, 6.07) is 8.45. The molecule has 20 heavy (non-hydrogen) atoms. The Labute approximate surface area is 131 Å². The van der Waals surface area contributed by atoms with Crippen LogP contribution < -0.4 is 0 Å². The molecule has 0 N–H and O–H groups in total. The summed E-state index contributed by atoms with van der Waals surface area (Å²) in [5, 5.41) is 4.59. The Hall–Kier alpha value is -1.13. The van der Waals surface area contributed by atoms with E-state index in [0.717, 1.165) is 16.0 Å². The van der Waals surface area contributed by atoms with Crippen LogP contribution in [0.15, 0.2) is 40.3 Å². The molecule has 104 valence electrons. The first-order chi connectivity index (χ1) is 9.45. The summed E-state index contributed by atoms with van der Waals surface area (Å²) in [7, 11) is 0. The monoisotopic (exact) mass is 348 g/mol. The van der Waals surface area contributed by atoms with Crippen LogP contribution in [0, 0.1) is 0 Å². The van der Waals surface area contributed by atoms with Gasteiger partial charge in [-0.1, -0.05) is 42.8 Å². The van der Waals surface area contributed by atoms with E-state index in [1.165, 1.54) is 16.6 Å². The van der Waals surface area contributed by atoms with E-state index in [1.807, 2.05) is 0 Å². The van der Waals surface area contributed by atoms with Crippen LogP contribution >= 0.6 is 27.3 Å². The predicted molar refractivity (Wildman–Crippen MR) is 89.6 cm³/mol. The normalized spacial score (nSPS) is 12.2. The molecule has 0 atom stereocenters. The van der Waals surface area contributed by atoms with Gasteiger partial charge in [0.2, 0.25) is 0 Å². The zero-order chi connectivity index (χ0) is 14.3. The Bertz CT molecular complexity index is 749. The molecule has 0 unspecified atom stereocenters. The van der Waals surface area contributed by atoms with Crippen LogP contribution in [0.2, 0.25) is 0 Å². The van der Waals surface area contributed by atoms with E-state index in [9.17, 15) is 0 Å². The highest BCUT2D eigenvalue weighted by Crippen LogP contribution is 2.27. The van der Waals surface area contributed by atoms with E-state index < -0.39 is 0 Å². The Morgan fingerprint density at radius 3 is 2.75 bits per heavy atom. The maximum absolute atomic E-state index is 4.77. The fraction of sp³-hybridized carbons (Fsp3) is 0.312. The summed E-state index contributed by atoms with van der Waals surface area (Å²) < 4.78 is 3.40. The van der Waals surface area contributed by atoms with Gasteiger partial charge in [-0.15, -0.1) is 11.3 Å². The number of hydrogen-bond acceptors (Lipinski definition) is 2. The van der Waals surface area contributed by atoms with E-state index in [-0.39, 0.29) is 5.41 Å². The van der Waals surface area contributed by atoms with Crippen molar-refractivity contribution in [1.29, 1.82) is 0 Å². The Kier molecular flexibility index (Phi) is 3.46. The van der Waals surface area contributed by atoms with Gasteiger partial charge in [-0.25, -0.2) is 4.98 Å². The number of nitrogens with zero attached hydrogens (tertiary/aromatic N) is 2. The van der Waals surface area contributed by atoms with Gasteiger partial charge >= 0.3 is 0 Å². The smallest absolute Gasteiger partial charge is 0.113 e. The molecule has 2 aromatic heterocycles. The number of thiazole rings is 1. The van der Waals surface area contributed by atoms with Crippen molar-refractivity contribution < 1.29 is 0 Å². The maximum atomic E-state index is 4.77. The predicted octanol–water partition coefficient (Wildman–Crippen LogP) is 5.21. The van der Waals surface area contributed by atoms with Gasteiger partial charge in [0.25, 0.3) is 0 Å². The second kappa shape index (κ2) is 5.01. The highest BCUT2D eigenvalue weighted by Gasteiger charge is 2.17. The summed E-state index contributed by atoms with van der Waals surface area (Å²) >= 11 is 5.34. The maximum Gasteiger partial charge on any atom is 0.113 e. The Morgan fingerprint density at radius 1 is 1.25 bits per heavy atom. The molecular formula is C16H17BrN2S. The first-order valence-corrected chi connectivity index (χ1v) is 8.30. The molecule has 4 heteroatoms. The van der Waals surface area contributed by atoms with Crippen molar-refractivity contribution in [3.05, 3.63) is 51.0 Å². The van der Waals surface area contributed by atoms with Gasteiger partial charge in [0.1, 0.15) is 5.01 Å². The van der Waals surface area contributed by atoms with Crippen LogP contribution in [0.5, 0.6) is 0 Å². The molecule has 0 amide bonds. The molecule has 0 spiro atoms. The first-order valence-electron chi connectivity index (χ1n) is 6.63. The summed E-state index contributed by atoms with van der Waals surface area (Å²) in [5.74, 6) is 0. The lowest BCUT2D eigenvalue weighted by Crippen LogP contribution is -2.11. The first kappa shape index (κ1) is 13.8. The van der Waals surface area contributed by atoms with Crippen molar-refractivity contribution in [3.8, 4) is 0 Å². The summed E-state index contributed by atoms with van der Waals surface area (Å²) in [6.07, 6.45) is 2.13. The molecule has 0 fully saturated rings. The van der Waals surface area contributed by atoms with Gasteiger partial charge in [-0.05, 0) is 18.2 Å². The van der Waals surface area contributed by atoms with Crippen LogP contribution in [0.4, 0.5) is 0 Å². The molecular weight excluding hydrogens is 332 g/mol. The van der Waals surface area contributed by atoms with Crippen LogP contribution in [0.3, 0.4) is 0 Å². The van der Waals surface area contributed by atoms with Crippen molar-refractivity contribution in [2.75, 3.05) is 0 Å². The highest BCUT2D eigenvalue weighted by molar-refractivity contribution is 9.10. The quantitative estimate of drug-likeness (QED) is 0.621. The second-order valence-corrected chi connectivity index (χ2v) is 7.79. The minimum atomic E-state index is 0.122. The van der Waals surface area contributed by atoms with Crippen LogP contribution in [-0.4, -0.2) is 9.55 Å². The average Bonchev–Trinajstić information content (AvgIpc) is 2.98. The molecule has 3 aromatic rings. The fourth-order valence-electron chi connectivity index (χ4n) is 2.20. The highest BCUT2D eigenvalue weighted by atomic mass is 79.9. The van der Waals surface area contributed by atoms with Gasteiger partial charge < -0.3 is 4.57 Å². The third kappa shape index (κ3) is 2.54. The minimum Gasteiger partial charge on any atom is -0.341 e. The van der Waals surface area contributed by atoms with E-state index in [1.54, 1.807) is 11.3 Å². The van der Waals surface area contributed by atoms with Gasteiger partial charge in [-0.2, -0.15) is 0 Å². The van der Waals surface area contributed by atoms with Crippen molar-refractivity contribution in [2.24, 2.45) is 0 Å². The lowest BCUT2D eigenvalue weighted by atomic mass is 9.93. The number of benzene rings is 1. The molecule has 2 nitrogen and oxygen atoms in total. The summed E-state index contributed by atoms with van der Waals surface area (Å²) in [5.41, 5.74) is 2.54. The third-order valence-electron chi connectivity index (χ3n) is 3.39. The van der Waals surface area contributed by atoms with Gasteiger partial charge in [-0.3, -0.25) is 0 Å². The van der Waals surface area contributed by atoms with Crippen molar-refractivity contribution in [2.45, 2.75) is 32.7 Å². The average molecular weight is 349 g/mol. The second-order valence-electron chi connectivity index (χ2n) is 5.99. The van der Waals surface area contributed by atoms with Crippen LogP contribution in [0.1, 0.15) is 31.5 Å². The fourth-order valence-corrected chi connectivity index (χ4v) is 3.70. The van der Waals surface area contributed by atoms with Gasteiger partial charge in [0.15, 0.2) is 0 Å². The molecule has 0 radical (unpaired) electrons. The van der Waals surface area contributed by atoms with E-state index in [2.05, 4.69) is 77.1 Å². The lowest BCUT2D eigenvalue weighted by Gasteiger charge is -2.14. The zero-order valence-electron chi connectivity index (χ0n) is 11.9. The number of rotatable bonds is 2. The third-order valence-corrected chi connectivity index (χ3v) is 4.91. The standard InChI is InChI=1S/C16H17BrN2S/c1-16(2,3)14-10-20-15(18-14)9-19-8-7-11-12(17)5-4-6-13(11)19/h4-8,10H,9H2,1-3H3. The molecule has 0 saturated carbocycles. The molecule has 0 saturated heterocycles. The zero-order valence-corrected chi connectivity index (χ0v) is 14.3. The molecule has 3 rings (SSSR count). The Morgan fingerprint density at radius 2 is 2.05 bits per heavy atom. The topological polar surface area (TPSA) is 17.8 Å². The number of halogens is 1. The SMILES string of the molecule is CC(C)(C)c1csc(Cn2ccc3c(Br)cccc32)n1. The molecule has 0 bridgehead atoms. The minimum absolute atomic E-state index is 0.122. The molecule has 2 heterocycles. The molecule has 1 aromatic carbocycles. The number of aromatic nitrogens is 2. The van der Waals surface area contributed by atoms with E-state index in [4.69, 9.17) is 4.98 Å². The van der Waals surface area contributed by atoms with Crippen molar-refractivity contribution in [3.63, 3.8) is 0 Å². The Balaban J connectivity index is 1.94. The molecule has 0 aliphatic heterocycles. The van der Waals surface area contributed by atoms with Crippen LogP contribution in [0.25, 0.3) is 10.9 Å². The summed E-state index contributed by atoms with van der Waals surface area (Å²) in [6.45, 7) is 7.44. The van der Waals surface area contributed by atoms with E-state index in [0.29, 0.717) is 0 Å². The summed E-state index contributed by atoms with van der Waals surface area (Å²) in [4.78, 5) is 4.77. The van der Waals surface area contributed by atoms with Crippen molar-refractivity contribution in [1.82, 2.24) is 9.55 Å². The molecule has 0 aliphatic carbocycles. The van der Waals surface area contributed by atoms with E-state index >= 15 is 0 Å². The van der Waals surface area contributed by atoms with Gasteiger partial charge in [0, 0.05) is 32.4 Å². The lowest BCUT2D eigenvalue weighted by molar-refractivity contribution is 0.570.